The van der Waals surface area contributed by atoms with Crippen LogP contribution in [0.25, 0.3) is 0 Å². The molecule has 0 radical (unpaired) electrons. The van der Waals surface area contributed by atoms with Gasteiger partial charge in [0.25, 0.3) is 0 Å². The Morgan fingerprint density at radius 2 is 2.14 bits per heavy atom. The van der Waals surface area contributed by atoms with Gasteiger partial charge in [0, 0.05) is 18.7 Å². The van der Waals surface area contributed by atoms with Crippen LogP contribution in [0.2, 0.25) is 0 Å². The lowest BCUT2D eigenvalue weighted by Gasteiger charge is -2.09. The fourth-order valence-electron chi connectivity index (χ4n) is 1.79. The van der Waals surface area contributed by atoms with Gasteiger partial charge in [-0.25, -0.2) is 4.39 Å². The minimum Gasteiger partial charge on any atom is -0.450 e. The Balaban J connectivity index is 2.36. The Hall–Kier alpha value is -1.99. The van der Waals surface area contributed by atoms with Crippen molar-refractivity contribution in [2.75, 3.05) is 7.05 Å². The third-order valence-electron chi connectivity index (χ3n) is 2.71. The van der Waals surface area contributed by atoms with E-state index in [9.17, 15) is 14.5 Å². The summed E-state index contributed by atoms with van der Waals surface area (Å²) in [6.07, 6.45) is 0. The number of ether oxygens (including phenoxy) is 1. The summed E-state index contributed by atoms with van der Waals surface area (Å²) < 4.78 is 19.0. The number of hydrogen-bond donors (Lipinski definition) is 1. The summed E-state index contributed by atoms with van der Waals surface area (Å²) >= 11 is 2.92. The van der Waals surface area contributed by atoms with Crippen molar-refractivity contribution in [3.8, 4) is 11.5 Å². The zero-order valence-electron chi connectivity index (χ0n) is 11.1. The predicted molar refractivity (Wildman–Crippen MR) is 80.0 cm³/mol. The van der Waals surface area contributed by atoms with Crippen LogP contribution in [0.4, 0.5) is 10.1 Å². The van der Waals surface area contributed by atoms with Gasteiger partial charge < -0.3 is 10.1 Å². The molecule has 7 heteroatoms. The Morgan fingerprint density at radius 1 is 1.38 bits per heavy atom. The van der Waals surface area contributed by atoms with Gasteiger partial charge in [0.1, 0.15) is 11.6 Å². The molecule has 0 unspecified atom stereocenters. The Bertz CT molecular complexity index is 679. The molecule has 0 saturated heterocycles. The third-order valence-corrected chi connectivity index (χ3v) is 3.31. The second-order valence-electron chi connectivity index (χ2n) is 4.27. The van der Waals surface area contributed by atoms with E-state index < -0.39 is 10.7 Å². The lowest BCUT2D eigenvalue weighted by atomic mass is 10.2. The van der Waals surface area contributed by atoms with Crippen molar-refractivity contribution in [2.24, 2.45) is 0 Å². The fourth-order valence-corrected chi connectivity index (χ4v) is 2.12. The summed E-state index contributed by atoms with van der Waals surface area (Å²) in [5, 5.41) is 14.0. The van der Waals surface area contributed by atoms with Crippen LogP contribution in [0.15, 0.2) is 40.9 Å². The number of nitro benzene ring substituents is 1. The molecule has 0 saturated carbocycles. The highest BCUT2D eigenvalue weighted by Crippen LogP contribution is 2.35. The number of nitrogens with one attached hydrogen (secondary N) is 1. The van der Waals surface area contributed by atoms with E-state index in [4.69, 9.17) is 4.74 Å². The van der Waals surface area contributed by atoms with Crippen LogP contribution in [0, 0.1) is 15.9 Å². The average Bonchev–Trinajstić information content (AvgIpc) is 2.43. The number of halogens is 2. The van der Waals surface area contributed by atoms with Gasteiger partial charge in [-0.3, -0.25) is 10.1 Å². The summed E-state index contributed by atoms with van der Waals surface area (Å²) in [5.41, 5.74) is 0.650. The number of rotatable bonds is 5. The van der Waals surface area contributed by atoms with E-state index in [0.29, 0.717) is 12.3 Å². The number of nitro groups is 1. The largest absolute Gasteiger partial charge is 0.450 e. The van der Waals surface area contributed by atoms with Gasteiger partial charge in [-0.15, -0.1) is 0 Å². The maximum Gasteiger partial charge on any atom is 0.312 e. The van der Waals surface area contributed by atoms with Crippen molar-refractivity contribution < 1.29 is 14.1 Å². The van der Waals surface area contributed by atoms with E-state index in [2.05, 4.69) is 21.2 Å². The normalized spacial score (nSPS) is 10.4. The van der Waals surface area contributed by atoms with E-state index in [1.807, 2.05) is 13.1 Å². The lowest BCUT2D eigenvalue weighted by Crippen LogP contribution is -2.04. The maximum atomic E-state index is 13.6. The minimum atomic E-state index is -0.623. The zero-order chi connectivity index (χ0) is 15.4. The molecule has 110 valence electrons. The molecule has 0 amide bonds. The maximum absolute atomic E-state index is 13.6. The van der Waals surface area contributed by atoms with E-state index in [0.717, 1.165) is 17.7 Å². The number of nitrogens with zero attached hydrogens (tertiary/aromatic N) is 1. The lowest BCUT2D eigenvalue weighted by molar-refractivity contribution is -0.385. The first-order valence-corrected chi connectivity index (χ1v) is 6.85. The molecule has 0 aliphatic rings. The van der Waals surface area contributed by atoms with E-state index in [-0.39, 0.29) is 15.9 Å². The molecule has 2 rings (SSSR count). The van der Waals surface area contributed by atoms with Crippen molar-refractivity contribution in [1.29, 1.82) is 0 Å². The monoisotopic (exact) mass is 354 g/mol. The van der Waals surface area contributed by atoms with Crippen LogP contribution >= 0.6 is 15.9 Å². The van der Waals surface area contributed by atoms with Gasteiger partial charge >= 0.3 is 5.69 Å². The predicted octanol–water partition coefficient (Wildman–Crippen LogP) is 4.01. The molecule has 5 nitrogen and oxygen atoms in total. The molecule has 21 heavy (non-hydrogen) atoms. The summed E-state index contributed by atoms with van der Waals surface area (Å²) in [4.78, 5) is 10.4. The average molecular weight is 355 g/mol. The molecule has 0 fully saturated rings. The van der Waals surface area contributed by atoms with Crippen LogP contribution in [0.5, 0.6) is 11.5 Å². The first-order valence-electron chi connectivity index (χ1n) is 6.06. The summed E-state index contributed by atoms with van der Waals surface area (Å²) in [7, 11) is 1.81. The Morgan fingerprint density at radius 3 is 2.81 bits per heavy atom. The highest BCUT2D eigenvalue weighted by atomic mass is 79.9. The molecular formula is C14H12BrFN2O3. The van der Waals surface area contributed by atoms with Gasteiger partial charge in [-0.2, -0.15) is 0 Å². The molecule has 2 aromatic rings. The third kappa shape index (κ3) is 3.77. The SMILES string of the molecule is CNCc1cccc(Oc2cc(F)c(Br)cc2[N+](=O)[O-])c1. The van der Waals surface area contributed by atoms with Crippen LogP contribution < -0.4 is 10.1 Å². The highest BCUT2D eigenvalue weighted by molar-refractivity contribution is 9.10. The highest BCUT2D eigenvalue weighted by Gasteiger charge is 2.19. The van der Waals surface area contributed by atoms with Crippen LogP contribution in [0.3, 0.4) is 0 Å². The molecular weight excluding hydrogens is 343 g/mol. The van der Waals surface area contributed by atoms with Gasteiger partial charge in [0.15, 0.2) is 0 Å². The van der Waals surface area contributed by atoms with Crippen molar-refractivity contribution in [3.63, 3.8) is 0 Å². The molecule has 2 aromatic carbocycles. The number of benzene rings is 2. The molecule has 0 heterocycles. The van der Waals surface area contributed by atoms with Crippen LogP contribution in [-0.4, -0.2) is 12.0 Å². The minimum absolute atomic E-state index is 0.0190. The first kappa shape index (κ1) is 15.4. The van der Waals surface area contributed by atoms with Crippen LogP contribution in [-0.2, 0) is 6.54 Å². The zero-order valence-corrected chi connectivity index (χ0v) is 12.7. The van der Waals surface area contributed by atoms with Gasteiger partial charge in [0.05, 0.1) is 9.40 Å². The first-order chi connectivity index (χ1) is 10.0. The molecule has 0 aromatic heterocycles. The van der Waals surface area contributed by atoms with Crippen molar-refractivity contribution in [3.05, 3.63) is 62.4 Å². The molecule has 0 bridgehead atoms. The van der Waals surface area contributed by atoms with E-state index in [1.165, 1.54) is 0 Å². The quantitative estimate of drug-likeness (QED) is 0.650. The molecule has 0 aliphatic carbocycles. The van der Waals surface area contributed by atoms with Crippen molar-refractivity contribution in [1.82, 2.24) is 5.32 Å². The van der Waals surface area contributed by atoms with Gasteiger partial charge in [-0.1, -0.05) is 12.1 Å². The second-order valence-corrected chi connectivity index (χ2v) is 5.13. The number of hydrogen-bond acceptors (Lipinski definition) is 4. The molecule has 0 atom stereocenters. The van der Waals surface area contributed by atoms with E-state index >= 15 is 0 Å². The Labute approximate surface area is 129 Å². The van der Waals surface area contributed by atoms with E-state index in [1.54, 1.807) is 18.2 Å². The topological polar surface area (TPSA) is 64.4 Å². The Kier molecular flexibility index (Phi) is 4.87. The summed E-state index contributed by atoms with van der Waals surface area (Å²) in [6.45, 7) is 0.633. The van der Waals surface area contributed by atoms with Crippen molar-refractivity contribution in [2.45, 2.75) is 6.54 Å². The molecule has 0 aliphatic heterocycles. The fraction of sp³-hybridized carbons (Fsp3) is 0.143. The summed E-state index contributed by atoms with van der Waals surface area (Å²) in [5.74, 6) is -0.350. The smallest absolute Gasteiger partial charge is 0.312 e. The standard InChI is InChI=1S/C14H12BrFN2O3/c1-17-8-9-3-2-4-10(5-9)21-14-7-12(16)11(15)6-13(14)18(19)20/h2-7,17H,8H2,1H3. The molecule has 1 N–H and O–H groups in total. The second kappa shape index (κ2) is 6.64. The van der Waals surface area contributed by atoms with Gasteiger partial charge in [-0.05, 0) is 40.7 Å². The van der Waals surface area contributed by atoms with Gasteiger partial charge in [0.2, 0.25) is 5.75 Å². The summed E-state index contributed by atoms with van der Waals surface area (Å²) in [6, 6.07) is 9.13. The molecule has 0 spiro atoms. The van der Waals surface area contributed by atoms with Crippen molar-refractivity contribution >= 4 is 21.6 Å². The van der Waals surface area contributed by atoms with Crippen LogP contribution in [0.1, 0.15) is 5.56 Å².